The van der Waals surface area contributed by atoms with Gasteiger partial charge in [0.15, 0.2) is 0 Å². The van der Waals surface area contributed by atoms with E-state index in [9.17, 15) is 18.0 Å². The van der Waals surface area contributed by atoms with Crippen LogP contribution in [0.1, 0.15) is 39.3 Å². The Labute approximate surface area is 240 Å². The number of carbonyl (C=O) groups is 1. The Morgan fingerprint density at radius 1 is 1.10 bits per heavy atom. The highest BCUT2D eigenvalue weighted by Crippen LogP contribution is 2.30. The lowest BCUT2D eigenvalue weighted by Gasteiger charge is -2.30. The molecule has 1 aromatic heterocycles. The van der Waals surface area contributed by atoms with Gasteiger partial charge in [-0.1, -0.05) is 24.3 Å². The molecular formula is C31H30F3N3O5. The summed E-state index contributed by atoms with van der Waals surface area (Å²) in [6, 6.07) is 17.2. The second-order valence-corrected chi connectivity index (χ2v) is 10.5. The predicted octanol–water partition coefficient (Wildman–Crippen LogP) is 5.65. The van der Waals surface area contributed by atoms with E-state index in [2.05, 4.69) is 14.2 Å². The van der Waals surface area contributed by atoms with Crippen LogP contribution < -0.4 is 9.47 Å². The molecule has 6 rings (SSSR count). The molecule has 1 saturated heterocycles. The zero-order valence-corrected chi connectivity index (χ0v) is 23.0. The summed E-state index contributed by atoms with van der Waals surface area (Å²) >= 11 is 0. The summed E-state index contributed by atoms with van der Waals surface area (Å²) in [5.41, 5.74) is 4.75. The fourth-order valence-electron chi connectivity index (χ4n) is 5.40. The molecule has 1 fully saturated rings. The summed E-state index contributed by atoms with van der Waals surface area (Å²) in [7, 11) is 1.36. The van der Waals surface area contributed by atoms with Gasteiger partial charge in [0.05, 0.1) is 42.9 Å². The highest BCUT2D eigenvalue weighted by molar-refractivity contribution is 5.93. The number of rotatable bonds is 9. The summed E-state index contributed by atoms with van der Waals surface area (Å²) in [6.07, 6.45) is -2.85. The molecule has 220 valence electrons. The lowest BCUT2D eigenvalue weighted by Crippen LogP contribution is -2.34. The van der Waals surface area contributed by atoms with Gasteiger partial charge in [0.2, 0.25) is 0 Å². The van der Waals surface area contributed by atoms with Crippen LogP contribution >= 0.6 is 0 Å². The molecule has 2 aliphatic rings. The number of ether oxygens (including phenoxy) is 4. The van der Waals surface area contributed by atoms with E-state index in [4.69, 9.17) is 19.2 Å². The average Bonchev–Trinajstić information content (AvgIpc) is 3.28. The number of aromatic nitrogens is 2. The van der Waals surface area contributed by atoms with Crippen molar-refractivity contribution in [2.45, 2.75) is 51.5 Å². The molecule has 1 atom stereocenters. The molecule has 0 amide bonds. The maximum absolute atomic E-state index is 12.8. The van der Waals surface area contributed by atoms with E-state index < -0.39 is 12.3 Å². The van der Waals surface area contributed by atoms with Crippen molar-refractivity contribution in [2.24, 2.45) is 0 Å². The number of imidazole rings is 1. The molecule has 2 aliphatic heterocycles. The zero-order chi connectivity index (χ0) is 29.3. The highest BCUT2D eigenvalue weighted by atomic mass is 19.4. The Morgan fingerprint density at radius 2 is 1.93 bits per heavy atom. The molecule has 0 saturated carbocycles. The van der Waals surface area contributed by atoms with E-state index in [-0.39, 0.29) is 18.5 Å². The van der Waals surface area contributed by atoms with Gasteiger partial charge in [0, 0.05) is 25.3 Å². The van der Waals surface area contributed by atoms with Gasteiger partial charge in [-0.05, 0) is 60.4 Å². The molecule has 4 aromatic rings. The summed E-state index contributed by atoms with van der Waals surface area (Å²) in [5, 5.41) is 0. The number of hydrogen-bond acceptors (Lipinski definition) is 7. The molecule has 0 N–H and O–H groups in total. The maximum atomic E-state index is 12.8. The number of para-hydroxylation sites is 1. The predicted molar refractivity (Wildman–Crippen MR) is 147 cm³/mol. The van der Waals surface area contributed by atoms with Gasteiger partial charge in [0.1, 0.15) is 23.9 Å². The molecule has 0 unspecified atom stereocenters. The summed E-state index contributed by atoms with van der Waals surface area (Å²) in [5.74, 6) is 0.790. The van der Waals surface area contributed by atoms with Crippen molar-refractivity contribution >= 4 is 17.0 Å². The van der Waals surface area contributed by atoms with Crippen LogP contribution in [0.4, 0.5) is 13.2 Å². The molecule has 8 nitrogen and oxygen atoms in total. The zero-order valence-electron chi connectivity index (χ0n) is 23.0. The largest absolute Gasteiger partial charge is 0.573 e. The van der Waals surface area contributed by atoms with Crippen molar-refractivity contribution in [1.29, 1.82) is 0 Å². The normalized spacial score (nSPS) is 17.0. The monoisotopic (exact) mass is 581 g/mol. The topological polar surface area (TPSA) is 75.0 Å². The van der Waals surface area contributed by atoms with Gasteiger partial charge in [-0.15, -0.1) is 13.2 Å². The molecule has 0 bridgehead atoms. The number of methoxy groups -OCH3 is 1. The van der Waals surface area contributed by atoms with E-state index in [0.29, 0.717) is 36.5 Å². The van der Waals surface area contributed by atoms with Crippen molar-refractivity contribution in [2.75, 3.05) is 20.3 Å². The minimum absolute atomic E-state index is 0.0599. The number of halogens is 3. The fraction of sp³-hybridized carbons (Fsp3) is 0.355. The second-order valence-electron chi connectivity index (χ2n) is 10.5. The van der Waals surface area contributed by atoms with Gasteiger partial charge in [-0.3, -0.25) is 4.90 Å². The molecule has 0 aliphatic carbocycles. The number of hydrogen-bond donors (Lipinski definition) is 0. The van der Waals surface area contributed by atoms with Crippen molar-refractivity contribution in [3.05, 3.63) is 88.7 Å². The van der Waals surface area contributed by atoms with Crippen molar-refractivity contribution in [3.63, 3.8) is 0 Å². The van der Waals surface area contributed by atoms with Gasteiger partial charge in [-0.2, -0.15) is 0 Å². The quantitative estimate of drug-likeness (QED) is 0.237. The Morgan fingerprint density at radius 3 is 2.69 bits per heavy atom. The molecule has 0 spiro atoms. The molecule has 0 radical (unpaired) electrons. The van der Waals surface area contributed by atoms with Crippen LogP contribution in [0.25, 0.3) is 11.0 Å². The third kappa shape index (κ3) is 6.22. The minimum atomic E-state index is -4.78. The van der Waals surface area contributed by atoms with Crippen LogP contribution in [0, 0.1) is 0 Å². The van der Waals surface area contributed by atoms with E-state index in [0.717, 1.165) is 48.4 Å². The maximum Gasteiger partial charge on any atom is 0.573 e. The van der Waals surface area contributed by atoms with Gasteiger partial charge >= 0.3 is 12.3 Å². The summed E-state index contributed by atoms with van der Waals surface area (Å²) in [6.45, 7) is 3.44. The van der Waals surface area contributed by atoms with E-state index in [1.807, 2.05) is 30.3 Å². The number of carbonyl (C=O) groups excluding carboxylic acids is 1. The standard InChI is InChI=1S/C31H30F3N3O5/c1-39-30(38)21-7-9-26-27(15-21)37(17-25-11-13-40-25)29(35-26)18-36-12-10-20-6-8-24(14-23(20)16-36)41-19-22-4-2-3-5-28(22)42-31(32,33)34/h2-9,14-15,25H,10-13,16-19H2,1H3/t25-/m0/s1. The molecule has 3 aromatic carbocycles. The SMILES string of the molecule is COC(=O)c1ccc2nc(CN3CCc4ccc(OCc5ccccc5OC(F)(F)F)cc4C3)n(C[C@@H]3CCO3)c2c1. The molecule has 42 heavy (non-hydrogen) atoms. The smallest absolute Gasteiger partial charge is 0.489 e. The molecule has 11 heteroatoms. The Bertz CT molecular complexity index is 1600. The first-order valence-corrected chi connectivity index (χ1v) is 13.8. The van der Waals surface area contributed by atoms with Gasteiger partial charge < -0.3 is 23.5 Å². The van der Waals surface area contributed by atoms with E-state index >= 15 is 0 Å². The number of alkyl halides is 3. The Balaban J connectivity index is 1.18. The second kappa shape index (κ2) is 11.7. The van der Waals surface area contributed by atoms with Crippen LogP contribution in [0.2, 0.25) is 0 Å². The van der Waals surface area contributed by atoms with Crippen LogP contribution in [-0.4, -0.2) is 53.1 Å². The van der Waals surface area contributed by atoms with Gasteiger partial charge in [-0.25, -0.2) is 9.78 Å². The Kier molecular flexibility index (Phi) is 7.78. The fourth-order valence-corrected chi connectivity index (χ4v) is 5.40. The third-order valence-electron chi connectivity index (χ3n) is 7.65. The third-order valence-corrected chi connectivity index (χ3v) is 7.65. The molecule has 3 heterocycles. The first-order valence-electron chi connectivity index (χ1n) is 13.8. The van der Waals surface area contributed by atoms with Crippen LogP contribution in [0.3, 0.4) is 0 Å². The summed E-state index contributed by atoms with van der Waals surface area (Å²) in [4.78, 5) is 19.4. The first kappa shape index (κ1) is 28.0. The highest BCUT2D eigenvalue weighted by Gasteiger charge is 2.32. The number of benzene rings is 3. The lowest BCUT2D eigenvalue weighted by molar-refractivity contribution is -0.275. The average molecular weight is 582 g/mol. The number of esters is 1. The van der Waals surface area contributed by atoms with Crippen molar-refractivity contribution < 1.29 is 36.9 Å². The van der Waals surface area contributed by atoms with Gasteiger partial charge in [0.25, 0.3) is 0 Å². The van der Waals surface area contributed by atoms with E-state index in [1.54, 1.807) is 18.2 Å². The first-order chi connectivity index (χ1) is 20.3. The van der Waals surface area contributed by atoms with Crippen LogP contribution in [-0.2, 0) is 42.1 Å². The Hall–Kier alpha value is -4.09. The molecular weight excluding hydrogens is 551 g/mol. The van der Waals surface area contributed by atoms with Crippen LogP contribution in [0.15, 0.2) is 60.7 Å². The number of fused-ring (bicyclic) bond motifs is 2. The minimum Gasteiger partial charge on any atom is -0.489 e. The number of nitrogens with zero attached hydrogens (tertiary/aromatic N) is 3. The van der Waals surface area contributed by atoms with E-state index in [1.165, 1.54) is 24.8 Å². The van der Waals surface area contributed by atoms with Crippen molar-refractivity contribution in [1.82, 2.24) is 14.5 Å². The van der Waals surface area contributed by atoms with Crippen LogP contribution in [0.5, 0.6) is 11.5 Å². The summed E-state index contributed by atoms with van der Waals surface area (Å²) < 4.78 is 61.2. The lowest BCUT2D eigenvalue weighted by atomic mass is 9.99. The van der Waals surface area contributed by atoms with Crippen molar-refractivity contribution in [3.8, 4) is 11.5 Å².